The molecule has 0 bridgehead atoms. The number of rotatable bonds is 5. The smallest absolute Gasteiger partial charge is 0.224 e. The fraction of sp³-hybridized carbons (Fsp3) is 0.0667. The third kappa shape index (κ3) is 3.45. The molecule has 0 saturated heterocycles. The normalized spacial score (nSPS) is 12.6. The van der Waals surface area contributed by atoms with Crippen LogP contribution in [0.5, 0.6) is 0 Å². The van der Waals surface area contributed by atoms with Gasteiger partial charge in [-0.3, -0.25) is 0 Å². The van der Waals surface area contributed by atoms with E-state index >= 15 is 0 Å². The molecule has 0 aliphatic rings. The zero-order chi connectivity index (χ0) is 14.4. The summed E-state index contributed by atoms with van der Waals surface area (Å²) >= 11 is 0. The Hall–Kier alpha value is -2.13. The van der Waals surface area contributed by atoms with Crippen molar-refractivity contribution in [3.63, 3.8) is 0 Å². The summed E-state index contributed by atoms with van der Waals surface area (Å²) in [6.45, 7) is 0. The van der Waals surface area contributed by atoms with E-state index in [1.54, 1.807) is 18.2 Å². The van der Waals surface area contributed by atoms with Gasteiger partial charge in [0.25, 0.3) is 10.0 Å². The lowest BCUT2D eigenvalue weighted by Crippen LogP contribution is -2.39. The fourth-order valence-corrected chi connectivity index (χ4v) is 2.57. The van der Waals surface area contributed by atoms with Crippen LogP contribution in [0.4, 0.5) is 0 Å². The highest BCUT2D eigenvalue weighted by Gasteiger charge is 2.15. The van der Waals surface area contributed by atoms with Gasteiger partial charge in [0.15, 0.2) is 0 Å². The van der Waals surface area contributed by atoms with E-state index in [9.17, 15) is 8.42 Å². The first kappa shape index (κ1) is 14.3. The Morgan fingerprint density at radius 2 is 1.50 bits per heavy atom. The van der Waals surface area contributed by atoms with Crippen molar-refractivity contribution in [3.8, 4) is 12.3 Å². The molecule has 0 aliphatic heterocycles. The fourth-order valence-electron chi connectivity index (χ4n) is 1.66. The largest absolute Gasteiger partial charge is 0.253 e. The van der Waals surface area contributed by atoms with Gasteiger partial charge in [0.05, 0.1) is 4.90 Å². The maximum Gasteiger partial charge on any atom is 0.253 e. The first-order valence-electron chi connectivity index (χ1n) is 5.97. The molecule has 4 nitrogen and oxygen atoms in total. The van der Waals surface area contributed by atoms with E-state index in [1.807, 2.05) is 30.3 Å². The Labute approximate surface area is 118 Å². The molecular formula is C15H14N2O2S. The number of benzene rings is 2. The Balaban J connectivity index is 2.10. The lowest BCUT2D eigenvalue weighted by Gasteiger charge is -2.14. The Morgan fingerprint density at radius 3 is 2.05 bits per heavy atom. The summed E-state index contributed by atoms with van der Waals surface area (Å²) < 4.78 is 24.1. The van der Waals surface area contributed by atoms with Crippen LogP contribution in [0, 0.1) is 12.3 Å². The van der Waals surface area contributed by atoms with E-state index in [2.05, 4.69) is 16.2 Å². The maximum atomic E-state index is 12.0. The van der Waals surface area contributed by atoms with Crippen LogP contribution in [0.1, 0.15) is 11.6 Å². The van der Waals surface area contributed by atoms with Crippen LogP contribution in [-0.4, -0.2) is 8.42 Å². The minimum absolute atomic E-state index is 0.177. The Bertz CT molecular complexity index is 692. The molecule has 0 saturated carbocycles. The second-order valence-corrected chi connectivity index (χ2v) is 5.76. The molecule has 2 aromatic carbocycles. The number of sulfonamides is 1. The van der Waals surface area contributed by atoms with E-state index in [0.717, 1.165) is 5.56 Å². The third-order valence-electron chi connectivity index (χ3n) is 2.69. The number of terminal acetylenes is 1. The average Bonchev–Trinajstić information content (AvgIpc) is 2.50. The molecular weight excluding hydrogens is 272 g/mol. The predicted molar refractivity (Wildman–Crippen MR) is 77.9 cm³/mol. The van der Waals surface area contributed by atoms with E-state index < -0.39 is 16.1 Å². The minimum atomic E-state index is -3.63. The summed E-state index contributed by atoms with van der Waals surface area (Å²) in [5, 5.41) is 0. The molecule has 102 valence electrons. The summed E-state index contributed by atoms with van der Waals surface area (Å²) in [7, 11) is -3.63. The van der Waals surface area contributed by atoms with Gasteiger partial charge in [-0.05, 0) is 17.7 Å². The number of hydrogen-bond acceptors (Lipinski definition) is 3. The third-order valence-corrected chi connectivity index (χ3v) is 3.97. The molecule has 2 rings (SSSR count). The van der Waals surface area contributed by atoms with Crippen molar-refractivity contribution >= 4 is 10.0 Å². The summed E-state index contributed by atoms with van der Waals surface area (Å²) in [5.74, 6) is 2.50. The lowest BCUT2D eigenvalue weighted by molar-refractivity contribution is 0.540. The van der Waals surface area contributed by atoms with Gasteiger partial charge in [0.1, 0.15) is 6.04 Å². The molecule has 1 unspecified atom stereocenters. The second-order valence-electron chi connectivity index (χ2n) is 4.07. The van der Waals surface area contributed by atoms with Crippen molar-refractivity contribution in [3.05, 3.63) is 66.2 Å². The first-order valence-corrected chi connectivity index (χ1v) is 7.45. The van der Waals surface area contributed by atoms with Crippen LogP contribution in [0.25, 0.3) is 0 Å². The average molecular weight is 286 g/mol. The number of hydrazine groups is 1. The van der Waals surface area contributed by atoms with Crippen molar-refractivity contribution < 1.29 is 8.42 Å². The van der Waals surface area contributed by atoms with E-state index in [1.165, 1.54) is 12.1 Å². The highest BCUT2D eigenvalue weighted by Crippen LogP contribution is 2.11. The minimum Gasteiger partial charge on any atom is -0.224 e. The molecule has 0 spiro atoms. The Kier molecular flexibility index (Phi) is 4.53. The molecule has 0 fully saturated rings. The summed E-state index contributed by atoms with van der Waals surface area (Å²) in [4.78, 5) is 2.48. The SMILES string of the molecule is C#CC(NNS(=O)(=O)c1ccccc1)c1ccccc1. The van der Waals surface area contributed by atoms with Gasteiger partial charge in [-0.2, -0.15) is 0 Å². The van der Waals surface area contributed by atoms with E-state index in [4.69, 9.17) is 6.42 Å². The van der Waals surface area contributed by atoms with E-state index in [0.29, 0.717) is 0 Å². The molecule has 0 aromatic heterocycles. The number of nitrogens with one attached hydrogen (secondary N) is 2. The van der Waals surface area contributed by atoms with Crippen molar-refractivity contribution in [2.75, 3.05) is 0 Å². The molecule has 2 N–H and O–H groups in total. The monoisotopic (exact) mass is 286 g/mol. The lowest BCUT2D eigenvalue weighted by atomic mass is 10.1. The van der Waals surface area contributed by atoms with Crippen LogP contribution < -0.4 is 10.3 Å². The van der Waals surface area contributed by atoms with Gasteiger partial charge in [0.2, 0.25) is 0 Å². The maximum absolute atomic E-state index is 12.0. The zero-order valence-electron chi connectivity index (χ0n) is 10.7. The molecule has 2 aromatic rings. The van der Waals surface area contributed by atoms with E-state index in [-0.39, 0.29) is 4.90 Å². The molecule has 0 aliphatic carbocycles. The Morgan fingerprint density at radius 1 is 0.950 bits per heavy atom. The quantitative estimate of drug-likeness (QED) is 0.651. The first-order chi connectivity index (χ1) is 9.63. The van der Waals surface area contributed by atoms with Gasteiger partial charge in [-0.1, -0.05) is 54.5 Å². The highest BCUT2D eigenvalue weighted by molar-refractivity contribution is 7.89. The van der Waals surface area contributed by atoms with Crippen LogP contribution in [0.3, 0.4) is 0 Å². The van der Waals surface area contributed by atoms with Crippen molar-refractivity contribution in [2.45, 2.75) is 10.9 Å². The summed E-state index contributed by atoms with van der Waals surface area (Å²) in [6, 6.07) is 16.8. The highest BCUT2D eigenvalue weighted by atomic mass is 32.2. The van der Waals surface area contributed by atoms with Crippen LogP contribution in [0.2, 0.25) is 0 Å². The standard InChI is InChI=1S/C15H14N2O2S/c1-2-15(13-9-5-3-6-10-13)16-17-20(18,19)14-11-7-4-8-12-14/h1,3-12,15-17H. The van der Waals surface area contributed by atoms with Crippen molar-refractivity contribution in [1.29, 1.82) is 0 Å². The van der Waals surface area contributed by atoms with Crippen LogP contribution >= 0.6 is 0 Å². The van der Waals surface area contributed by atoms with Gasteiger partial charge in [0, 0.05) is 0 Å². The summed E-state index contributed by atoms with van der Waals surface area (Å²) in [5.41, 5.74) is 3.46. The second kappa shape index (κ2) is 6.35. The molecule has 1 atom stereocenters. The molecule has 0 radical (unpaired) electrons. The molecule has 0 amide bonds. The van der Waals surface area contributed by atoms with Crippen LogP contribution in [-0.2, 0) is 10.0 Å². The van der Waals surface area contributed by atoms with Crippen LogP contribution in [0.15, 0.2) is 65.6 Å². The summed E-state index contributed by atoms with van der Waals surface area (Å²) in [6.07, 6.45) is 5.43. The molecule has 0 heterocycles. The van der Waals surface area contributed by atoms with Gasteiger partial charge >= 0.3 is 0 Å². The van der Waals surface area contributed by atoms with Gasteiger partial charge < -0.3 is 0 Å². The van der Waals surface area contributed by atoms with Crippen molar-refractivity contribution in [1.82, 2.24) is 10.3 Å². The van der Waals surface area contributed by atoms with Gasteiger partial charge in [-0.15, -0.1) is 11.3 Å². The topological polar surface area (TPSA) is 58.2 Å². The predicted octanol–water partition coefficient (Wildman–Crippen LogP) is 1.84. The van der Waals surface area contributed by atoms with Gasteiger partial charge in [-0.25, -0.2) is 13.8 Å². The molecule has 5 heteroatoms. The van der Waals surface area contributed by atoms with Crippen molar-refractivity contribution in [2.24, 2.45) is 0 Å². The zero-order valence-corrected chi connectivity index (χ0v) is 11.5. The molecule has 20 heavy (non-hydrogen) atoms. The number of hydrogen-bond donors (Lipinski definition) is 2.